The molecule has 5 heteroatoms. The van der Waals surface area contributed by atoms with Crippen molar-refractivity contribution in [2.24, 2.45) is 0 Å². The fourth-order valence-corrected chi connectivity index (χ4v) is 9.91. The van der Waals surface area contributed by atoms with Gasteiger partial charge in [-0.1, -0.05) is 166 Å². The predicted octanol–water partition coefficient (Wildman–Crippen LogP) is 17.4. The van der Waals surface area contributed by atoms with Gasteiger partial charge in [0.1, 0.15) is 0 Å². The molecule has 3 aromatic heterocycles. The Morgan fingerprint density at radius 3 is 1.58 bits per heavy atom. The van der Waals surface area contributed by atoms with Crippen molar-refractivity contribution in [3.8, 4) is 84.3 Å². The summed E-state index contributed by atoms with van der Waals surface area (Å²) in [6.45, 7) is 18.6. The average Bonchev–Trinajstić information content (AvgIpc) is 3.44. The monoisotopic (exact) mass is 955 g/mol. The first-order valence-electron chi connectivity index (χ1n) is 25.4. The van der Waals surface area contributed by atoms with Crippen LogP contribution in [0, 0.1) is 31.8 Å². The number of pyridine rings is 3. The molecule has 0 fully saturated rings. The first-order chi connectivity index (χ1) is 36.0. The number of hydrogen-bond acceptors (Lipinski definition) is 4. The molecule has 74 heavy (non-hydrogen) atoms. The summed E-state index contributed by atoms with van der Waals surface area (Å²) in [4.78, 5) is 18.7. The quantitative estimate of drug-likeness (QED) is 0.108. The van der Waals surface area contributed by atoms with Crippen molar-refractivity contribution < 1.29 is 0 Å². The van der Waals surface area contributed by atoms with E-state index in [1.165, 1.54) is 50.1 Å². The maximum atomic E-state index is 9.53. The molecule has 0 saturated carbocycles. The molecular weight excluding hydrogens is 899 g/mol. The van der Waals surface area contributed by atoms with Crippen LogP contribution >= 0.6 is 0 Å². The van der Waals surface area contributed by atoms with Gasteiger partial charge in [0, 0.05) is 35.3 Å². The van der Waals surface area contributed by atoms with E-state index < -0.39 is 0 Å². The van der Waals surface area contributed by atoms with E-state index in [-0.39, 0.29) is 5.41 Å². The van der Waals surface area contributed by atoms with Crippen molar-refractivity contribution >= 4 is 5.69 Å². The lowest BCUT2D eigenvalue weighted by molar-refractivity contribution is 0.590. The van der Waals surface area contributed by atoms with E-state index in [1.807, 2.05) is 60.9 Å². The fraction of sp³-hybridized carbons (Fsp3) is 0.145. The van der Waals surface area contributed by atoms with Crippen LogP contribution in [0.5, 0.6) is 0 Å². The SMILES string of the molecule is [C-]#[N+]c1cccc(-c2cc(C)c(CCc3cc(CCc4cnc(-c5cccc(C#N)c5)cc4C)cc(-c4ccccc4-c4cnc(-c5cccc(C(C)(C)C)c5)cc4-c4ccc(-c5ccccc5)cc4)c3)cn2)c1. The van der Waals surface area contributed by atoms with Crippen molar-refractivity contribution in [1.82, 2.24) is 15.0 Å². The second-order valence-electron chi connectivity index (χ2n) is 20.3. The van der Waals surface area contributed by atoms with Crippen LogP contribution in [0.15, 0.2) is 207 Å². The molecule has 0 spiro atoms. The maximum absolute atomic E-state index is 9.53. The zero-order valence-corrected chi connectivity index (χ0v) is 42.7. The van der Waals surface area contributed by atoms with Crippen LogP contribution in [0.4, 0.5) is 5.69 Å². The van der Waals surface area contributed by atoms with Gasteiger partial charge in [0.25, 0.3) is 0 Å². The van der Waals surface area contributed by atoms with Gasteiger partial charge in [-0.3, -0.25) is 15.0 Å². The first kappa shape index (κ1) is 48.6. The zero-order chi connectivity index (χ0) is 51.2. The van der Waals surface area contributed by atoms with Crippen LogP contribution in [0.1, 0.15) is 65.3 Å². The van der Waals surface area contributed by atoms with Gasteiger partial charge in [-0.15, -0.1) is 0 Å². The van der Waals surface area contributed by atoms with E-state index in [0.717, 1.165) is 92.8 Å². The number of aryl methyl sites for hydroxylation is 6. The molecule has 0 bridgehead atoms. The van der Waals surface area contributed by atoms with Crippen molar-refractivity contribution in [2.75, 3.05) is 0 Å². The highest BCUT2D eigenvalue weighted by Gasteiger charge is 2.19. The van der Waals surface area contributed by atoms with E-state index >= 15 is 0 Å². The molecule has 0 saturated heterocycles. The molecule has 0 aliphatic rings. The average molecular weight is 956 g/mol. The van der Waals surface area contributed by atoms with E-state index in [1.54, 1.807) is 0 Å². The largest absolute Gasteiger partial charge is 0.256 e. The van der Waals surface area contributed by atoms with Crippen LogP contribution in [0.3, 0.4) is 0 Å². The summed E-state index contributed by atoms with van der Waals surface area (Å²) >= 11 is 0. The molecule has 10 aromatic rings. The number of nitriles is 1. The number of rotatable bonds is 13. The number of aromatic nitrogens is 3. The number of benzene rings is 7. The molecule has 0 atom stereocenters. The number of hydrogen-bond donors (Lipinski definition) is 0. The summed E-state index contributed by atoms with van der Waals surface area (Å²) in [5.74, 6) is 0. The van der Waals surface area contributed by atoms with Crippen LogP contribution in [0.25, 0.3) is 83.1 Å². The third-order valence-electron chi connectivity index (χ3n) is 14.2. The Morgan fingerprint density at radius 2 is 0.959 bits per heavy atom. The van der Waals surface area contributed by atoms with Gasteiger partial charge in [-0.2, -0.15) is 5.26 Å². The van der Waals surface area contributed by atoms with Crippen LogP contribution in [0.2, 0.25) is 0 Å². The van der Waals surface area contributed by atoms with Crippen molar-refractivity contribution in [2.45, 2.75) is 65.7 Å². The summed E-state index contributed by atoms with van der Waals surface area (Å²) < 4.78 is 0. The topological polar surface area (TPSA) is 66.8 Å². The minimum absolute atomic E-state index is 0.00139. The summed E-state index contributed by atoms with van der Waals surface area (Å²) in [6.07, 6.45) is 9.41. The van der Waals surface area contributed by atoms with E-state index in [0.29, 0.717) is 11.3 Å². The van der Waals surface area contributed by atoms with Gasteiger partial charge in [0.05, 0.1) is 35.3 Å². The van der Waals surface area contributed by atoms with Crippen LogP contribution in [-0.2, 0) is 31.1 Å². The Morgan fingerprint density at radius 1 is 0.432 bits per heavy atom. The Kier molecular flexibility index (Phi) is 14.0. The lowest BCUT2D eigenvalue weighted by atomic mass is 9.85. The van der Waals surface area contributed by atoms with Gasteiger partial charge < -0.3 is 0 Å². The third-order valence-corrected chi connectivity index (χ3v) is 14.2. The zero-order valence-electron chi connectivity index (χ0n) is 42.7. The Bertz CT molecular complexity index is 3630. The maximum Gasteiger partial charge on any atom is 0.187 e. The van der Waals surface area contributed by atoms with E-state index in [4.69, 9.17) is 21.5 Å². The van der Waals surface area contributed by atoms with Gasteiger partial charge in [-0.05, 0) is 171 Å². The van der Waals surface area contributed by atoms with Crippen molar-refractivity contribution in [1.29, 1.82) is 5.26 Å². The predicted molar refractivity (Wildman–Crippen MR) is 305 cm³/mol. The lowest BCUT2D eigenvalue weighted by Gasteiger charge is -2.20. The summed E-state index contributed by atoms with van der Waals surface area (Å²) in [5.41, 5.74) is 24.5. The van der Waals surface area contributed by atoms with Crippen molar-refractivity contribution in [3.63, 3.8) is 0 Å². The molecule has 3 heterocycles. The molecule has 5 nitrogen and oxygen atoms in total. The van der Waals surface area contributed by atoms with Crippen molar-refractivity contribution in [3.05, 3.63) is 263 Å². The lowest BCUT2D eigenvalue weighted by Crippen LogP contribution is -2.10. The molecule has 358 valence electrons. The molecular formula is C69H57N5. The second-order valence-corrected chi connectivity index (χ2v) is 20.3. The highest BCUT2D eigenvalue weighted by atomic mass is 14.7. The standard InChI is InChI=1S/C69H57N5/c1-46-33-66(54-18-12-15-50(38-54)42-70)72-43-57(46)27-25-48-35-49(26-28-58-44-73-67(34-47(58)2)56-20-14-22-61(40-56)71-6)37-59(36-48)62-23-10-11-24-63(62)65-45-74-68(55-19-13-21-60(39-55)69(3,4)5)41-64(65)53-31-29-52(30-32-53)51-16-8-7-9-17-51/h7-24,29-41,43-45H,25-28H2,1-5H3. The minimum Gasteiger partial charge on any atom is -0.256 e. The molecule has 0 N–H and O–H groups in total. The highest BCUT2D eigenvalue weighted by Crippen LogP contribution is 2.41. The molecule has 0 radical (unpaired) electrons. The minimum atomic E-state index is -0.00139. The second kappa shape index (κ2) is 21.4. The van der Waals surface area contributed by atoms with Gasteiger partial charge in [-0.25, -0.2) is 4.85 Å². The molecule has 0 unspecified atom stereocenters. The fourth-order valence-electron chi connectivity index (χ4n) is 9.91. The molecule has 0 aliphatic heterocycles. The Balaban J connectivity index is 1.04. The molecule has 0 amide bonds. The summed E-state index contributed by atoms with van der Waals surface area (Å²) in [7, 11) is 0. The van der Waals surface area contributed by atoms with Crippen LogP contribution in [-0.4, -0.2) is 15.0 Å². The van der Waals surface area contributed by atoms with Crippen LogP contribution < -0.4 is 0 Å². The molecule has 0 aliphatic carbocycles. The van der Waals surface area contributed by atoms with E-state index in [9.17, 15) is 5.26 Å². The number of nitrogens with zero attached hydrogens (tertiary/aromatic N) is 5. The van der Waals surface area contributed by atoms with Gasteiger partial charge in [0.2, 0.25) is 0 Å². The normalized spacial score (nSPS) is 11.2. The van der Waals surface area contributed by atoms with Gasteiger partial charge >= 0.3 is 0 Å². The van der Waals surface area contributed by atoms with Gasteiger partial charge in [0.15, 0.2) is 5.69 Å². The summed E-state index contributed by atoms with van der Waals surface area (Å²) in [6, 6.07) is 68.3. The summed E-state index contributed by atoms with van der Waals surface area (Å²) in [5, 5.41) is 9.53. The first-order valence-corrected chi connectivity index (χ1v) is 25.4. The smallest absolute Gasteiger partial charge is 0.187 e. The van der Waals surface area contributed by atoms with E-state index in [2.05, 4.69) is 191 Å². The molecule has 10 rings (SSSR count). The Hall–Kier alpha value is -9.03. The highest BCUT2D eigenvalue weighted by molar-refractivity contribution is 5.93. The Labute approximate surface area is 436 Å². The molecule has 7 aromatic carbocycles. The third kappa shape index (κ3) is 10.9.